The smallest absolute Gasteiger partial charge is 0.306 e. The summed E-state index contributed by atoms with van der Waals surface area (Å²) >= 11 is 0. The molecular weight excluding hydrogens is 328 g/mol. The van der Waals surface area contributed by atoms with Crippen LogP contribution in [-0.2, 0) is 25.7 Å². The van der Waals surface area contributed by atoms with Crippen molar-refractivity contribution in [3.05, 3.63) is 60.2 Å². The topological polar surface area (TPSA) is 52.6 Å². The first kappa shape index (κ1) is 19.7. The van der Waals surface area contributed by atoms with E-state index < -0.39 is 5.60 Å². The summed E-state index contributed by atoms with van der Waals surface area (Å²) in [6.45, 7) is 5.70. The fraction of sp³-hybridized carbons (Fsp3) is 0.364. The number of rotatable bonds is 7. The molecule has 0 atom stereocenters. The normalized spacial score (nSPS) is 11.0. The molecule has 2 rings (SSSR count). The van der Waals surface area contributed by atoms with E-state index in [1.165, 1.54) is 0 Å². The van der Waals surface area contributed by atoms with Crippen molar-refractivity contribution in [2.45, 2.75) is 52.2 Å². The van der Waals surface area contributed by atoms with Crippen LogP contribution < -0.4 is 0 Å². The van der Waals surface area contributed by atoms with Crippen molar-refractivity contribution in [3.8, 4) is 11.1 Å². The van der Waals surface area contributed by atoms with Gasteiger partial charge in [0.15, 0.2) is 0 Å². The molecule has 2 aromatic carbocycles. The quantitative estimate of drug-likeness (QED) is 0.663. The van der Waals surface area contributed by atoms with E-state index in [4.69, 9.17) is 9.47 Å². The van der Waals surface area contributed by atoms with Crippen LogP contribution in [0.2, 0.25) is 0 Å². The number of carbonyl (C=O) groups is 2. The van der Waals surface area contributed by atoms with Crippen LogP contribution in [0.25, 0.3) is 11.1 Å². The fourth-order valence-corrected chi connectivity index (χ4v) is 2.43. The molecule has 0 aliphatic rings. The molecule has 0 N–H and O–H groups in total. The molecule has 0 fully saturated rings. The largest absolute Gasteiger partial charge is 0.461 e. The van der Waals surface area contributed by atoms with E-state index in [0.717, 1.165) is 16.7 Å². The van der Waals surface area contributed by atoms with Gasteiger partial charge in [-0.2, -0.15) is 0 Å². The Kier molecular flexibility index (Phi) is 6.96. The number of benzene rings is 2. The highest BCUT2D eigenvalue weighted by Crippen LogP contribution is 2.19. The highest BCUT2D eigenvalue weighted by Gasteiger charge is 2.16. The van der Waals surface area contributed by atoms with Gasteiger partial charge in [0.25, 0.3) is 0 Å². The van der Waals surface area contributed by atoms with E-state index in [2.05, 4.69) is 12.1 Å². The van der Waals surface area contributed by atoms with Gasteiger partial charge in [-0.05, 0) is 43.9 Å². The minimum Gasteiger partial charge on any atom is -0.461 e. The number of hydrogen-bond donors (Lipinski definition) is 0. The Morgan fingerprint density at radius 3 is 2.00 bits per heavy atom. The summed E-state index contributed by atoms with van der Waals surface area (Å²) in [6, 6.07) is 18.0. The second-order valence-corrected chi connectivity index (χ2v) is 7.16. The molecule has 0 spiro atoms. The lowest BCUT2D eigenvalue weighted by Gasteiger charge is -2.19. The van der Waals surface area contributed by atoms with Gasteiger partial charge in [-0.3, -0.25) is 9.59 Å². The molecule has 0 aromatic heterocycles. The van der Waals surface area contributed by atoms with Crippen LogP contribution in [0, 0.1) is 0 Å². The lowest BCUT2D eigenvalue weighted by Crippen LogP contribution is -2.23. The lowest BCUT2D eigenvalue weighted by molar-refractivity contribution is -0.155. The summed E-state index contributed by atoms with van der Waals surface area (Å²) in [6.07, 6.45) is 0.861. The Labute approximate surface area is 155 Å². The van der Waals surface area contributed by atoms with Gasteiger partial charge in [0.05, 0.1) is 0 Å². The summed E-state index contributed by atoms with van der Waals surface area (Å²) < 4.78 is 10.5. The van der Waals surface area contributed by atoms with Gasteiger partial charge in [0.1, 0.15) is 12.2 Å². The Balaban J connectivity index is 1.71. The minimum absolute atomic E-state index is 0.210. The second-order valence-electron chi connectivity index (χ2n) is 7.16. The van der Waals surface area contributed by atoms with Gasteiger partial charge in [-0.25, -0.2) is 0 Å². The predicted octanol–water partition coefficient (Wildman–Crippen LogP) is 4.91. The van der Waals surface area contributed by atoms with Crippen LogP contribution in [0.3, 0.4) is 0 Å². The molecule has 0 saturated heterocycles. The van der Waals surface area contributed by atoms with Crippen molar-refractivity contribution in [2.24, 2.45) is 0 Å². The van der Waals surface area contributed by atoms with Crippen molar-refractivity contribution in [1.82, 2.24) is 0 Å². The molecule has 4 nitrogen and oxygen atoms in total. The van der Waals surface area contributed by atoms with Gasteiger partial charge in [0, 0.05) is 12.8 Å². The maximum absolute atomic E-state index is 11.8. The highest BCUT2D eigenvalue weighted by molar-refractivity contribution is 5.72. The van der Waals surface area contributed by atoms with Crippen molar-refractivity contribution in [2.75, 3.05) is 0 Å². The first-order chi connectivity index (χ1) is 12.3. The average molecular weight is 354 g/mol. The Morgan fingerprint density at radius 1 is 0.808 bits per heavy atom. The minimum atomic E-state index is -0.497. The van der Waals surface area contributed by atoms with Crippen molar-refractivity contribution in [1.29, 1.82) is 0 Å². The van der Waals surface area contributed by atoms with Crippen LogP contribution >= 0.6 is 0 Å². The first-order valence-corrected chi connectivity index (χ1v) is 8.85. The van der Waals surface area contributed by atoms with Crippen LogP contribution in [0.5, 0.6) is 0 Å². The molecule has 0 saturated carbocycles. The van der Waals surface area contributed by atoms with E-state index in [0.29, 0.717) is 6.42 Å². The summed E-state index contributed by atoms with van der Waals surface area (Å²) in [4.78, 5) is 23.4. The fourth-order valence-electron chi connectivity index (χ4n) is 2.43. The van der Waals surface area contributed by atoms with Crippen LogP contribution in [0.1, 0.15) is 45.6 Å². The number of hydrogen-bond acceptors (Lipinski definition) is 4. The number of carbonyl (C=O) groups excluding carboxylic acids is 2. The van der Waals surface area contributed by atoms with Crippen LogP contribution in [-0.4, -0.2) is 17.5 Å². The third kappa shape index (κ3) is 7.09. The molecule has 0 aliphatic heterocycles. The van der Waals surface area contributed by atoms with Crippen molar-refractivity contribution < 1.29 is 19.1 Å². The molecule has 2 aromatic rings. The van der Waals surface area contributed by atoms with Crippen molar-refractivity contribution in [3.63, 3.8) is 0 Å². The predicted molar refractivity (Wildman–Crippen MR) is 101 cm³/mol. The zero-order chi connectivity index (χ0) is 19.0. The van der Waals surface area contributed by atoms with Crippen LogP contribution in [0.15, 0.2) is 54.6 Å². The third-order valence-corrected chi connectivity index (χ3v) is 3.64. The van der Waals surface area contributed by atoms with E-state index in [1.54, 1.807) is 0 Å². The van der Waals surface area contributed by atoms with E-state index in [1.807, 2.05) is 63.2 Å². The second kappa shape index (κ2) is 9.18. The molecule has 138 valence electrons. The zero-order valence-corrected chi connectivity index (χ0v) is 15.7. The molecule has 0 aliphatic carbocycles. The Morgan fingerprint density at radius 2 is 1.38 bits per heavy atom. The van der Waals surface area contributed by atoms with Gasteiger partial charge in [-0.15, -0.1) is 0 Å². The Hall–Kier alpha value is -2.62. The molecule has 4 heteroatoms. The first-order valence-electron chi connectivity index (χ1n) is 8.85. The van der Waals surface area contributed by atoms with E-state index in [-0.39, 0.29) is 31.4 Å². The number of esters is 2. The van der Waals surface area contributed by atoms with Gasteiger partial charge in [0.2, 0.25) is 0 Å². The lowest BCUT2D eigenvalue weighted by atomic mass is 10.0. The SMILES string of the molecule is CC(C)(C)OC(=O)CCCC(=O)OCc1ccc(-c2ccccc2)cc1. The average Bonchev–Trinajstić information content (AvgIpc) is 2.59. The van der Waals surface area contributed by atoms with Gasteiger partial charge < -0.3 is 9.47 Å². The molecule has 0 bridgehead atoms. The number of ether oxygens (including phenoxy) is 2. The summed E-state index contributed by atoms with van der Waals surface area (Å²) in [5.74, 6) is -0.595. The van der Waals surface area contributed by atoms with Crippen molar-refractivity contribution >= 4 is 11.9 Å². The zero-order valence-electron chi connectivity index (χ0n) is 15.7. The molecule has 26 heavy (non-hydrogen) atoms. The summed E-state index contributed by atoms with van der Waals surface area (Å²) in [7, 11) is 0. The maximum Gasteiger partial charge on any atom is 0.306 e. The highest BCUT2D eigenvalue weighted by atomic mass is 16.6. The van der Waals surface area contributed by atoms with Gasteiger partial charge in [-0.1, -0.05) is 54.6 Å². The van der Waals surface area contributed by atoms with Crippen LogP contribution in [0.4, 0.5) is 0 Å². The third-order valence-electron chi connectivity index (χ3n) is 3.64. The van der Waals surface area contributed by atoms with E-state index >= 15 is 0 Å². The summed E-state index contributed by atoms with van der Waals surface area (Å²) in [5, 5.41) is 0. The molecule has 0 amide bonds. The maximum atomic E-state index is 11.8. The Bertz CT molecular complexity index is 712. The van der Waals surface area contributed by atoms with E-state index in [9.17, 15) is 9.59 Å². The molecule has 0 radical (unpaired) electrons. The molecule has 0 heterocycles. The standard InChI is InChI=1S/C22H26O4/c1-22(2,3)26-21(24)11-7-10-20(23)25-16-17-12-14-19(15-13-17)18-8-5-4-6-9-18/h4-6,8-9,12-15H,7,10-11,16H2,1-3H3. The van der Waals surface area contributed by atoms with Gasteiger partial charge >= 0.3 is 11.9 Å². The monoisotopic (exact) mass is 354 g/mol. The molecular formula is C22H26O4. The summed E-state index contributed by atoms with van der Waals surface area (Å²) in [5.41, 5.74) is 2.71. The molecule has 0 unspecified atom stereocenters.